The Labute approximate surface area is 150 Å². The Kier molecular flexibility index (Phi) is 5.36. The van der Waals surface area contributed by atoms with Crippen LogP contribution in [-0.2, 0) is 20.2 Å². The zero-order chi connectivity index (χ0) is 18.8. The van der Waals surface area contributed by atoms with Crippen LogP contribution in [0, 0.1) is 17.5 Å². The Hall–Kier alpha value is -1.90. The molecule has 0 aliphatic carbocycles. The van der Waals surface area contributed by atoms with E-state index in [4.69, 9.17) is 4.74 Å². The van der Waals surface area contributed by atoms with Gasteiger partial charge in [0.25, 0.3) is 0 Å². The maximum atomic E-state index is 13.8. The van der Waals surface area contributed by atoms with Crippen molar-refractivity contribution in [1.29, 1.82) is 0 Å². The highest BCUT2D eigenvalue weighted by atomic mass is 32.2. The van der Waals surface area contributed by atoms with Crippen LogP contribution < -0.4 is 4.72 Å². The molecule has 0 unspecified atom stereocenters. The van der Waals surface area contributed by atoms with Gasteiger partial charge in [-0.05, 0) is 48.7 Å². The van der Waals surface area contributed by atoms with E-state index in [2.05, 4.69) is 4.72 Å². The predicted molar refractivity (Wildman–Crippen MR) is 89.7 cm³/mol. The second kappa shape index (κ2) is 7.38. The molecule has 0 amide bonds. The van der Waals surface area contributed by atoms with Gasteiger partial charge in [0, 0.05) is 25.2 Å². The molecule has 140 valence electrons. The molecule has 8 heteroatoms. The summed E-state index contributed by atoms with van der Waals surface area (Å²) in [4.78, 5) is -0.737. The molecule has 1 aliphatic heterocycles. The first-order valence-electron chi connectivity index (χ1n) is 8.11. The molecule has 3 rings (SSSR count). The monoisotopic (exact) mass is 385 g/mol. The first kappa shape index (κ1) is 18.9. The van der Waals surface area contributed by atoms with Crippen molar-refractivity contribution >= 4 is 10.0 Å². The van der Waals surface area contributed by atoms with Gasteiger partial charge < -0.3 is 4.74 Å². The first-order valence-corrected chi connectivity index (χ1v) is 9.59. The molecule has 1 saturated heterocycles. The predicted octanol–water partition coefficient (Wildman–Crippen LogP) is 3.13. The zero-order valence-electron chi connectivity index (χ0n) is 13.8. The number of halogens is 3. The van der Waals surface area contributed by atoms with E-state index in [1.54, 1.807) is 12.1 Å². The summed E-state index contributed by atoms with van der Waals surface area (Å²) in [5, 5.41) is 0. The standard InChI is InChI=1S/C18H18F3NO3S/c19-14-3-1-13(2-4-14)18(7-9-25-10-8-18)12-22-26(23,24)17-11-15(20)5-6-16(17)21/h1-6,11,22H,7-10,12H2. The van der Waals surface area contributed by atoms with Crippen molar-refractivity contribution < 1.29 is 26.3 Å². The van der Waals surface area contributed by atoms with E-state index in [9.17, 15) is 21.6 Å². The van der Waals surface area contributed by atoms with Gasteiger partial charge in [0.05, 0.1) is 0 Å². The van der Waals surface area contributed by atoms with Crippen LogP contribution in [0.25, 0.3) is 0 Å². The maximum Gasteiger partial charge on any atom is 0.243 e. The summed E-state index contributed by atoms with van der Waals surface area (Å²) in [5.41, 5.74) is 0.160. The summed E-state index contributed by atoms with van der Waals surface area (Å²) in [5.74, 6) is -2.26. The fourth-order valence-electron chi connectivity index (χ4n) is 3.13. The van der Waals surface area contributed by atoms with Crippen LogP contribution in [0.1, 0.15) is 18.4 Å². The van der Waals surface area contributed by atoms with E-state index in [1.807, 2.05) is 0 Å². The Bertz CT molecular complexity index is 879. The van der Waals surface area contributed by atoms with Crippen LogP contribution in [0.3, 0.4) is 0 Å². The van der Waals surface area contributed by atoms with Gasteiger partial charge in [-0.25, -0.2) is 26.3 Å². The normalized spacial score (nSPS) is 17.2. The number of ether oxygens (including phenoxy) is 1. The van der Waals surface area contributed by atoms with Crippen molar-refractivity contribution in [3.05, 3.63) is 65.5 Å². The van der Waals surface area contributed by atoms with E-state index in [1.165, 1.54) is 12.1 Å². The second-order valence-corrected chi connectivity index (χ2v) is 8.03. The van der Waals surface area contributed by atoms with Crippen molar-refractivity contribution in [3.8, 4) is 0 Å². The van der Waals surface area contributed by atoms with Gasteiger partial charge in [-0.15, -0.1) is 0 Å². The molecule has 0 atom stereocenters. The van der Waals surface area contributed by atoms with E-state index < -0.39 is 37.8 Å². The third kappa shape index (κ3) is 3.92. The van der Waals surface area contributed by atoms with E-state index in [0.29, 0.717) is 32.1 Å². The highest BCUT2D eigenvalue weighted by Crippen LogP contribution is 2.35. The van der Waals surface area contributed by atoms with Crippen molar-refractivity contribution in [3.63, 3.8) is 0 Å². The molecule has 0 spiro atoms. The average Bonchev–Trinajstić information content (AvgIpc) is 2.63. The molecule has 26 heavy (non-hydrogen) atoms. The smallest absolute Gasteiger partial charge is 0.243 e. The summed E-state index contributed by atoms with van der Waals surface area (Å²) in [6.45, 7) is 0.821. The molecule has 1 aliphatic rings. The molecule has 0 saturated carbocycles. The van der Waals surface area contributed by atoms with Gasteiger partial charge in [-0.2, -0.15) is 0 Å². The van der Waals surface area contributed by atoms with E-state index in [-0.39, 0.29) is 6.54 Å². The highest BCUT2D eigenvalue weighted by molar-refractivity contribution is 7.89. The molecule has 1 N–H and O–H groups in total. The SMILES string of the molecule is O=S(=O)(NCC1(c2ccc(F)cc2)CCOCC1)c1cc(F)ccc1F. The molecule has 2 aromatic rings. The minimum atomic E-state index is -4.25. The van der Waals surface area contributed by atoms with Crippen LogP contribution >= 0.6 is 0 Å². The lowest BCUT2D eigenvalue weighted by Gasteiger charge is -2.37. The number of benzene rings is 2. The number of hydrogen-bond donors (Lipinski definition) is 1. The summed E-state index contributed by atoms with van der Waals surface area (Å²) < 4.78 is 73.1. The summed E-state index contributed by atoms with van der Waals surface area (Å²) in [6.07, 6.45) is 1.04. The van der Waals surface area contributed by atoms with E-state index >= 15 is 0 Å². The van der Waals surface area contributed by atoms with Crippen molar-refractivity contribution in [2.45, 2.75) is 23.2 Å². The topological polar surface area (TPSA) is 55.4 Å². The third-order valence-corrected chi connectivity index (χ3v) is 6.11. The molecule has 1 fully saturated rings. The van der Waals surface area contributed by atoms with Gasteiger partial charge >= 0.3 is 0 Å². The summed E-state index contributed by atoms with van der Waals surface area (Å²) >= 11 is 0. The van der Waals surface area contributed by atoms with Crippen LogP contribution in [0.15, 0.2) is 47.4 Å². The Morgan fingerprint density at radius 1 is 0.962 bits per heavy atom. The molecule has 0 radical (unpaired) electrons. The quantitative estimate of drug-likeness (QED) is 0.860. The molecule has 4 nitrogen and oxygen atoms in total. The summed E-state index contributed by atoms with van der Waals surface area (Å²) in [7, 11) is -4.25. The Morgan fingerprint density at radius 3 is 2.23 bits per heavy atom. The van der Waals surface area contributed by atoms with Crippen LogP contribution in [-0.4, -0.2) is 28.2 Å². The minimum absolute atomic E-state index is 0.0275. The van der Waals surface area contributed by atoms with Gasteiger partial charge in [0.15, 0.2) is 0 Å². The van der Waals surface area contributed by atoms with Crippen LogP contribution in [0.2, 0.25) is 0 Å². The third-order valence-electron chi connectivity index (χ3n) is 4.69. The lowest BCUT2D eigenvalue weighted by Crippen LogP contribution is -2.44. The fourth-order valence-corrected chi connectivity index (χ4v) is 4.34. The highest BCUT2D eigenvalue weighted by Gasteiger charge is 2.36. The molecular formula is C18H18F3NO3S. The zero-order valence-corrected chi connectivity index (χ0v) is 14.7. The molecule has 1 heterocycles. The van der Waals surface area contributed by atoms with Gasteiger partial charge in [0.2, 0.25) is 10.0 Å². The van der Waals surface area contributed by atoms with E-state index in [0.717, 1.165) is 17.7 Å². The summed E-state index contributed by atoms with van der Waals surface area (Å²) in [6, 6.07) is 8.11. The minimum Gasteiger partial charge on any atom is -0.381 e. The lowest BCUT2D eigenvalue weighted by molar-refractivity contribution is 0.0517. The molecule has 0 aromatic heterocycles. The largest absolute Gasteiger partial charge is 0.381 e. The Balaban J connectivity index is 1.88. The van der Waals surface area contributed by atoms with Crippen molar-refractivity contribution in [2.24, 2.45) is 0 Å². The van der Waals surface area contributed by atoms with Crippen molar-refractivity contribution in [2.75, 3.05) is 19.8 Å². The van der Waals surface area contributed by atoms with Gasteiger partial charge in [-0.3, -0.25) is 0 Å². The number of rotatable bonds is 5. The average molecular weight is 385 g/mol. The van der Waals surface area contributed by atoms with Gasteiger partial charge in [-0.1, -0.05) is 12.1 Å². The van der Waals surface area contributed by atoms with Crippen molar-refractivity contribution in [1.82, 2.24) is 4.72 Å². The molecular weight excluding hydrogens is 367 g/mol. The number of sulfonamides is 1. The number of hydrogen-bond acceptors (Lipinski definition) is 3. The number of nitrogens with one attached hydrogen (secondary N) is 1. The Morgan fingerprint density at radius 2 is 1.58 bits per heavy atom. The lowest BCUT2D eigenvalue weighted by atomic mass is 9.74. The fraction of sp³-hybridized carbons (Fsp3) is 0.333. The second-order valence-electron chi connectivity index (χ2n) is 6.30. The molecule has 0 bridgehead atoms. The first-order chi connectivity index (χ1) is 12.3. The van der Waals surface area contributed by atoms with Crippen LogP contribution in [0.4, 0.5) is 13.2 Å². The molecule has 2 aromatic carbocycles. The van der Waals surface area contributed by atoms with Crippen LogP contribution in [0.5, 0.6) is 0 Å². The van der Waals surface area contributed by atoms with Gasteiger partial charge in [0.1, 0.15) is 22.3 Å². The maximum absolute atomic E-state index is 13.8.